The van der Waals surface area contributed by atoms with Crippen LogP contribution in [0.25, 0.3) is 0 Å². The SMILES string of the molecule is Cc1ccccc1.Clc1c(Cl)c(Cl)c(B(c2c(Cl)c(Cl)c(Cl)c(Cl)c2Cl)c2c(Cl)c(Cl)c(Cl)c(Cl)c2Cl)c(Cl)c1Cl. The van der Waals surface area contributed by atoms with E-state index in [-0.39, 0.29) is 91.7 Å². The highest BCUT2D eigenvalue weighted by atomic mass is 35.5. The molecule has 0 spiro atoms. The van der Waals surface area contributed by atoms with Gasteiger partial charge >= 0.3 is 0 Å². The van der Waals surface area contributed by atoms with Crippen molar-refractivity contribution in [2.45, 2.75) is 6.92 Å². The standard InChI is InChI=1S/C18BCl15.C7H8/c20-4-1(5(21)11(27)16(32)10(4)26)19(2-6(22)12(28)17(33)13(29)7(2)23)3-8(24)14(30)18(34)15(31)9(3)25;1-7-5-3-2-4-6-7/h;2-6H,1H3. The van der Waals surface area contributed by atoms with Gasteiger partial charge in [-0.05, 0) is 23.3 Å². The van der Waals surface area contributed by atoms with Crippen LogP contribution in [-0.2, 0) is 0 Å². The lowest BCUT2D eigenvalue weighted by atomic mass is 9.36. The summed E-state index contributed by atoms with van der Waals surface area (Å²) in [6.45, 7) is 0.840. The van der Waals surface area contributed by atoms with Gasteiger partial charge in [0.15, 0.2) is 0 Å². The van der Waals surface area contributed by atoms with Gasteiger partial charge < -0.3 is 0 Å². The molecular formula is C25H8BCl15. The minimum atomic E-state index is -1.24. The van der Waals surface area contributed by atoms with Crippen molar-refractivity contribution >= 4 is 197 Å². The van der Waals surface area contributed by atoms with Gasteiger partial charge in [0, 0.05) is 0 Å². The fourth-order valence-electron chi connectivity index (χ4n) is 3.59. The lowest BCUT2D eigenvalue weighted by Gasteiger charge is -2.26. The van der Waals surface area contributed by atoms with E-state index in [0.29, 0.717) is 0 Å². The first kappa shape index (κ1) is 36.8. The van der Waals surface area contributed by atoms with E-state index >= 15 is 0 Å². The van der Waals surface area contributed by atoms with Gasteiger partial charge in [0.1, 0.15) is 0 Å². The van der Waals surface area contributed by atoms with E-state index in [1.54, 1.807) is 0 Å². The Hall–Kier alpha value is 1.29. The molecule has 0 nitrogen and oxygen atoms in total. The van der Waals surface area contributed by atoms with Crippen LogP contribution in [0.5, 0.6) is 0 Å². The van der Waals surface area contributed by atoms with Crippen molar-refractivity contribution in [3.8, 4) is 0 Å². The Kier molecular flexibility index (Phi) is 13.7. The van der Waals surface area contributed by atoms with Crippen molar-refractivity contribution in [1.82, 2.24) is 0 Å². The van der Waals surface area contributed by atoms with Gasteiger partial charge in [0.25, 0.3) is 6.71 Å². The zero-order valence-electron chi connectivity index (χ0n) is 19.6. The van der Waals surface area contributed by atoms with Gasteiger partial charge in [0.05, 0.1) is 75.3 Å². The number of hydrogen-bond donors (Lipinski definition) is 0. The first-order valence-corrected chi connectivity index (χ1v) is 16.3. The number of rotatable bonds is 3. The first-order chi connectivity index (χ1) is 19.1. The molecule has 0 radical (unpaired) electrons. The first-order valence-electron chi connectivity index (χ1n) is 10.6. The minimum Gasteiger partial charge on any atom is -0.0832 e. The summed E-state index contributed by atoms with van der Waals surface area (Å²) < 4.78 is 0. The Bertz CT molecular complexity index is 1400. The molecule has 4 rings (SSSR count). The molecule has 4 aromatic rings. The summed E-state index contributed by atoms with van der Waals surface area (Å²) >= 11 is 96.0. The Morgan fingerprint density at radius 2 is 0.512 bits per heavy atom. The van der Waals surface area contributed by atoms with Gasteiger partial charge in [-0.15, -0.1) is 0 Å². The lowest BCUT2D eigenvalue weighted by Crippen LogP contribution is -2.55. The van der Waals surface area contributed by atoms with Crippen LogP contribution in [-0.4, -0.2) is 6.71 Å². The second-order valence-electron chi connectivity index (χ2n) is 8.04. The highest BCUT2D eigenvalue weighted by Gasteiger charge is 2.39. The summed E-state index contributed by atoms with van der Waals surface area (Å²) in [5.74, 6) is 0. The zero-order chi connectivity index (χ0) is 31.1. The van der Waals surface area contributed by atoms with E-state index in [1.807, 2.05) is 18.2 Å². The topological polar surface area (TPSA) is 0 Å². The highest BCUT2D eigenvalue weighted by molar-refractivity contribution is 7.02. The molecule has 0 unspecified atom stereocenters. The summed E-state index contributed by atoms with van der Waals surface area (Å²) in [6, 6.07) is 10.3. The van der Waals surface area contributed by atoms with Gasteiger partial charge in [-0.1, -0.05) is 210 Å². The van der Waals surface area contributed by atoms with Crippen molar-refractivity contribution in [3.05, 3.63) is 111 Å². The van der Waals surface area contributed by atoms with Crippen LogP contribution < -0.4 is 16.4 Å². The average Bonchev–Trinajstić information content (AvgIpc) is 2.95. The number of benzene rings is 4. The van der Waals surface area contributed by atoms with E-state index in [4.69, 9.17) is 174 Å². The Labute approximate surface area is 311 Å². The van der Waals surface area contributed by atoms with Crippen molar-refractivity contribution in [2.75, 3.05) is 0 Å². The minimum absolute atomic E-state index is 0.0410. The second-order valence-corrected chi connectivity index (χ2v) is 13.7. The van der Waals surface area contributed by atoms with Crippen molar-refractivity contribution in [2.24, 2.45) is 0 Å². The molecule has 0 aliphatic rings. The fourth-order valence-corrected chi connectivity index (χ4v) is 7.71. The van der Waals surface area contributed by atoms with E-state index in [9.17, 15) is 0 Å². The summed E-state index contributed by atoms with van der Waals surface area (Å²) in [6.07, 6.45) is 0. The van der Waals surface area contributed by atoms with Crippen LogP contribution in [0.3, 0.4) is 0 Å². The van der Waals surface area contributed by atoms with Crippen molar-refractivity contribution < 1.29 is 0 Å². The van der Waals surface area contributed by atoms with Crippen LogP contribution in [0, 0.1) is 6.92 Å². The predicted octanol–water partition coefficient (Wildman–Crippen LogP) is 14.0. The molecule has 41 heavy (non-hydrogen) atoms. The third kappa shape index (κ3) is 7.33. The van der Waals surface area contributed by atoms with Crippen molar-refractivity contribution in [3.63, 3.8) is 0 Å². The quantitative estimate of drug-likeness (QED) is 0.109. The molecule has 4 aromatic carbocycles. The molecule has 216 valence electrons. The molecule has 0 heterocycles. The van der Waals surface area contributed by atoms with Crippen LogP contribution in [0.4, 0.5) is 0 Å². The third-order valence-corrected chi connectivity index (χ3v) is 12.5. The van der Waals surface area contributed by atoms with Crippen molar-refractivity contribution in [1.29, 1.82) is 0 Å². The summed E-state index contributed by atoms with van der Waals surface area (Å²) in [4.78, 5) is 0. The smallest absolute Gasteiger partial charge is 0.0832 e. The molecule has 0 fully saturated rings. The maximum atomic E-state index is 6.59. The fraction of sp³-hybridized carbons (Fsp3) is 0.0400. The van der Waals surface area contributed by atoms with Gasteiger partial charge in [0.2, 0.25) is 0 Å². The number of hydrogen-bond acceptors (Lipinski definition) is 0. The lowest BCUT2D eigenvalue weighted by molar-refractivity contribution is 1.48. The van der Waals surface area contributed by atoms with Gasteiger partial charge in [-0.25, -0.2) is 0 Å². The molecule has 0 bridgehead atoms. The van der Waals surface area contributed by atoms with Crippen LogP contribution in [0.1, 0.15) is 5.56 Å². The Morgan fingerprint density at radius 1 is 0.317 bits per heavy atom. The molecule has 0 saturated heterocycles. The molecular weight excluding hydrogens is 843 g/mol. The van der Waals surface area contributed by atoms with Crippen LogP contribution >= 0.6 is 174 Å². The average molecular weight is 851 g/mol. The molecule has 0 amide bonds. The third-order valence-electron chi connectivity index (χ3n) is 5.54. The van der Waals surface area contributed by atoms with Gasteiger partial charge in [-0.2, -0.15) is 0 Å². The Balaban J connectivity index is 0.000000575. The predicted molar refractivity (Wildman–Crippen MR) is 190 cm³/mol. The molecule has 0 N–H and O–H groups in total. The molecule has 0 atom stereocenters. The highest BCUT2D eigenvalue weighted by Crippen LogP contribution is 2.44. The maximum absolute atomic E-state index is 6.59. The maximum Gasteiger partial charge on any atom is 0.253 e. The van der Waals surface area contributed by atoms with Gasteiger partial charge in [-0.3, -0.25) is 0 Å². The molecule has 0 aromatic heterocycles. The second kappa shape index (κ2) is 15.3. The molecule has 0 aliphatic heterocycles. The van der Waals surface area contributed by atoms with E-state index in [0.717, 1.165) is 0 Å². The summed E-state index contributed by atoms with van der Waals surface area (Å²) in [5, 5.41) is -1.87. The zero-order valence-corrected chi connectivity index (χ0v) is 31.0. The normalized spacial score (nSPS) is 10.9. The molecule has 0 aliphatic carbocycles. The summed E-state index contributed by atoms with van der Waals surface area (Å²) in [7, 11) is 0. The van der Waals surface area contributed by atoms with E-state index in [2.05, 4.69) is 19.1 Å². The summed E-state index contributed by atoms with van der Waals surface area (Å²) in [5.41, 5.74) is 1.44. The molecule has 16 heteroatoms. The van der Waals surface area contributed by atoms with E-state index < -0.39 is 6.71 Å². The van der Waals surface area contributed by atoms with Crippen LogP contribution in [0.2, 0.25) is 75.3 Å². The molecule has 0 saturated carbocycles. The van der Waals surface area contributed by atoms with Crippen LogP contribution in [0.15, 0.2) is 30.3 Å². The van der Waals surface area contributed by atoms with E-state index in [1.165, 1.54) is 5.56 Å². The monoisotopic (exact) mass is 844 g/mol. The number of halogens is 15. The number of aryl methyl sites for hydroxylation is 1. The Morgan fingerprint density at radius 3 is 0.683 bits per heavy atom. The largest absolute Gasteiger partial charge is 0.253 e.